The van der Waals surface area contributed by atoms with Crippen LogP contribution in [0.25, 0.3) is 125 Å². The first-order valence-electron chi connectivity index (χ1n) is 20.8. The van der Waals surface area contributed by atoms with E-state index in [-0.39, 0.29) is 0 Å². The predicted molar refractivity (Wildman–Crippen MR) is 241 cm³/mol. The van der Waals surface area contributed by atoms with Crippen LogP contribution in [0.3, 0.4) is 0 Å². The van der Waals surface area contributed by atoms with Crippen LogP contribution in [0.2, 0.25) is 0 Å². The lowest BCUT2D eigenvalue weighted by atomic mass is 9.79. The van der Waals surface area contributed by atoms with Crippen molar-refractivity contribution in [1.82, 2.24) is 17.8 Å². The van der Waals surface area contributed by atoms with Crippen LogP contribution in [0.4, 0.5) is 0 Å². The molecule has 8 heterocycles. The van der Waals surface area contributed by atoms with Gasteiger partial charge in [-0.15, -0.1) is 0 Å². The first kappa shape index (κ1) is 28.1. The smallest absolute Gasteiger partial charge is 0.0628 e. The molecular formula is C54H30N4. The first-order valence-corrected chi connectivity index (χ1v) is 20.8. The summed E-state index contributed by atoms with van der Waals surface area (Å²) in [5.41, 5.74) is 19.4. The highest BCUT2D eigenvalue weighted by molar-refractivity contribution is 6.38. The van der Waals surface area contributed by atoms with E-state index in [1.807, 2.05) is 0 Å². The van der Waals surface area contributed by atoms with Crippen LogP contribution in [0.1, 0.15) is 29.8 Å². The summed E-state index contributed by atoms with van der Waals surface area (Å²) in [6.07, 6.45) is 9.22. The normalized spacial score (nSPS) is 17.9. The van der Waals surface area contributed by atoms with Crippen molar-refractivity contribution in [2.75, 3.05) is 0 Å². The number of hydrogen-bond donors (Lipinski definition) is 0. The van der Waals surface area contributed by atoms with Crippen molar-refractivity contribution in [2.45, 2.75) is 24.8 Å². The molecule has 0 fully saturated rings. The van der Waals surface area contributed by atoms with Gasteiger partial charge < -0.3 is 17.8 Å². The van der Waals surface area contributed by atoms with Gasteiger partial charge in [-0.2, -0.15) is 0 Å². The van der Waals surface area contributed by atoms with Crippen molar-refractivity contribution in [3.63, 3.8) is 0 Å². The van der Waals surface area contributed by atoms with Gasteiger partial charge in [0, 0.05) is 99.5 Å². The van der Waals surface area contributed by atoms with Crippen LogP contribution >= 0.6 is 0 Å². The standard InChI is InChI=1S/C54H30N4/c1-5-19-39-27(11-1)31-15-9-17-33-47-45(57(39)51(31)33)23-35-29-13-3-7-21-41(29)55-43-26-38-44(25-37(43)49(47)53(35)55)56-42-22-8-4-14-30(42)36-24-46-48(50(38)54(36)56)34-18-10-16-32-28-12-2-6-20-40(28)58(46)52(32)34/h1-21,23,25-26,36,42H,22,24H2. The molecular weight excluding hydrogens is 705 g/mol. The van der Waals surface area contributed by atoms with Crippen molar-refractivity contribution in [1.29, 1.82) is 0 Å². The molecule has 2 aliphatic carbocycles. The summed E-state index contributed by atoms with van der Waals surface area (Å²) in [7, 11) is 0. The minimum Gasteiger partial charge on any atom is -0.336 e. The van der Waals surface area contributed by atoms with E-state index in [1.54, 1.807) is 5.57 Å². The highest BCUT2D eigenvalue weighted by Gasteiger charge is 2.45. The number of rotatable bonds is 0. The third-order valence-corrected chi connectivity index (χ3v) is 15.2. The number of benzene rings is 7. The van der Waals surface area contributed by atoms with Crippen molar-refractivity contribution in [3.8, 4) is 11.1 Å². The molecule has 0 saturated carbocycles. The monoisotopic (exact) mass is 734 g/mol. The summed E-state index contributed by atoms with van der Waals surface area (Å²) >= 11 is 0. The molecule has 0 amide bonds. The molecule has 2 atom stereocenters. The van der Waals surface area contributed by atoms with Gasteiger partial charge in [0.2, 0.25) is 0 Å². The second-order valence-corrected chi connectivity index (χ2v) is 17.4. The maximum atomic E-state index is 2.80. The lowest BCUT2D eigenvalue weighted by Crippen LogP contribution is -2.11. The third-order valence-electron chi connectivity index (χ3n) is 15.2. The molecule has 3 aliphatic rings. The summed E-state index contributed by atoms with van der Waals surface area (Å²) in [5, 5.41) is 16.2. The van der Waals surface area contributed by atoms with Crippen LogP contribution in [-0.4, -0.2) is 17.8 Å². The maximum absolute atomic E-state index is 2.80. The Morgan fingerprint density at radius 2 is 1.03 bits per heavy atom. The van der Waals surface area contributed by atoms with Gasteiger partial charge in [-0.25, -0.2) is 0 Å². The van der Waals surface area contributed by atoms with Crippen molar-refractivity contribution < 1.29 is 0 Å². The zero-order chi connectivity index (χ0) is 36.9. The Kier molecular flexibility index (Phi) is 4.35. The Balaban J connectivity index is 1.12. The second kappa shape index (κ2) is 8.96. The van der Waals surface area contributed by atoms with Crippen LogP contribution in [0.15, 0.2) is 151 Å². The summed E-state index contributed by atoms with van der Waals surface area (Å²) in [4.78, 5) is 0. The quantitative estimate of drug-likeness (QED) is 0.148. The Bertz CT molecular complexity index is 4320. The molecule has 4 nitrogen and oxygen atoms in total. The van der Waals surface area contributed by atoms with E-state index >= 15 is 0 Å². The topological polar surface area (TPSA) is 18.2 Å². The molecule has 58 heavy (non-hydrogen) atoms. The van der Waals surface area contributed by atoms with Crippen LogP contribution < -0.4 is 0 Å². The van der Waals surface area contributed by atoms with E-state index in [2.05, 4.69) is 163 Å². The van der Waals surface area contributed by atoms with Crippen LogP contribution in [0, 0.1) is 0 Å². The Hall–Kier alpha value is -7.30. The van der Waals surface area contributed by atoms with Crippen molar-refractivity contribution >= 4 is 114 Å². The second-order valence-electron chi connectivity index (χ2n) is 17.4. The number of para-hydroxylation sites is 5. The molecule has 0 spiro atoms. The molecule has 7 aromatic heterocycles. The van der Waals surface area contributed by atoms with Gasteiger partial charge in [0.05, 0.1) is 55.7 Å². The Labute approximate surface area is 329 Å². The van der Waals surface area contributed by atoms with E-state index in [4.69, 9.17) is 0 Å². The molecule has 0 saturated heterocycles. The van der Waals surface area contributed by atoms with Gasteiger partial charge in [0.25, 0.3) is 0 Å². The van der Waals surface area contributed by atoms with Gasteiger partial charge in [0.15, 0.2) is 0 Å². The van der Waals surface area contributed by atoms with Crippen molar-refractivity contribution in [2.24, 2.45) is 0 Å². The lowest BCUT2D eigenvalue weighted by Gasteiger charge is -2.24. The average Bonchev–Trinajstić information content (AvgIpc) is 4.15. The summed E-state index contributed by atoms with van der Waals surface area (Å²) in [6.45, 7) is 0. The largest absolute Gasteiger partial charge is 0.336 e. The number of allylic oxidation sites excluding steroid dienone is 4. The van der Waals surface area contributed by atoms with E-state index in [0.717, 1.165) is 12.8 Å². The molecule has 14 aromatic rings. The molecule has 0 radical (unpaired) electrons. The minimum atomic E-state index is 0.333. The fraction of sp³-hybridized carbons (Fsp3) is 0.0741. The van der Waals surface area contributed by atoms with Gasteiger partial charge >= 0.3 is 0 Å². The summed E-state index contributed by atoms with van der Waals surface area (Å²) in [6, 6.07) is 49.1. The van der Waals surface area contributed by atoms with E-state index in [9.17, 15) is 0 Å². The van der Waals surface area contributed by atoms with Gasteiger partial charge in [-0.05, 0) is 48.4 Å². The maximum Gasteiger partial charge on any atom is 0.0628 e. The Morgan fingerprint density at radius 3 is 1.81 bits per heavy atom. The molecule has 266 valence electrons. The number of hydrogen-bond acceptors (Lipinski definition) is 0. The van der Waals surface area contributed by atoms with Crippen LogP contribution in [0.5, 0.6) is 0 Å². The third kappa shape index (κ3) is 2.75. The molecule has 17 rings (SSSR count). The lowest BCUT2D eigenvalue weighted by molar-refractivity contribution is 0.624. The molecule has 0 N–H and O–H groups in total. The number of nitrogens with zero attached hydrogens (tertiary/aromatic N) is 4. The Morgan fingerprint density at radius 1 is 0.431 bits per heavy atom. The molecule has 1 aliphatic heterocycles. The summed E-state index contributed by atoms with van der Waals surface area (Å²) in [5.74, 6) is 0.351. The molecule has 2 unspecified atom stereocenters. The average molecular weight is 735 g/mol. The van der Waals surface area contributed by atoms with Gasteiger partial charge in [0.1, 0.15) is 0 Å². The molecule has 4 heteroatoms. The highest BCUT2D eigenvalue weighted by atomic mass is 15.1. The van der Waals surface area contributed by atoms with E-state index in [1.165, 1.54) is 137 Å². The fourth-order valence-corrected chi connectivity index (χ4v) is 13.3. The number of aromatic nitrogens is 4. The molecule has 7 aromatic carbocycles. The predicted octanol–water partition coefficient (Wildman–Crippen LogP) is 13.7. The van der Waals surface area contributed by atoms with Gasteiger partial charge in [-0.1, -0.05) is 109 Å². The van der Waals surface area contributed by atoms with Crippen LogP contribution in [-0.2, 0) is 6.42 Å². The van der Waals surface area contributed by atoms with E-state index < -0.39 is 0 Å². The van der Waals surface area contributed by atoms with E-state index in [0.29, 0.717) is 12.0 Å². The highest BCUT2D eigenvalue weighted by Crippen LogP contribution is 2.60. The first-order chi connectivity index (χ1) is 28.8. The zero-order valence-electron chi connectivity index (χ0n) is 31.2. The zero-order valence-corrected chi connectivity index (χ0v) is 31.2. The van der Waals surface area contributed by atoms with Crippen molar-refractivity contribution in [3.05, 3.63) is 163 Å². The minimum absolute atomic E-state index is 0.333. The van der Waals surface area contributed by atoms with Gasteiger partial charge in [-0.3, -0.25) is 0 Å². The SMILES string of the molecule is C1=CCC2C(=C1)C1Cc3c(c4cccc5c6ccccc6n3c45)-c3c1n2c1cc2c4c5c6cccc7c8ccccc8n(c5cc5c8ccccc8n(c2cc31)c54)c76. The number of fused-ring (bicyclic) bond motifs is 26. The molecule has 0 bridgehead atoms. The summed E-state index contributed by atoms with van der Waals surface area (Å²) < 4.78 is 10.6. The fourth-order valence-electron chi connectivity index (χ4n) is 13.3.